The van der Waals surface area contributed by atoms with Crippen LogP contribution in [0.4, 0.5) is 13.2 Å². The van der Waals surface area contributed by atoms with Crippen molar-refractivity contribution in [3.05, 3.63) is 12.3 Å². The SMILES string of the molecule is O=C([O-])[C@@H]1CCC[NH+]1/C=C/C(=O)C(F)(F)F. The fourth-order valence-corrected chi connectivity index (χ4v) is 1.62. The highest BCUT2D eigenvalue weighted by Crippen LogP contribution is 2.15. The molecule has 0 spiro atoms. The standard InChI is InChI=1S/C9H10F3NO3/c10-9(11,12)7(14)3-5-13-4-1-2-6(13)8(15)16/h3,5-6H,1-2,4H2,(H,15,16)/b5-3+/t6-/m0/s1. The smallest absolute Gasteiger partial charge is 0.454 e. The van der Waals surface area contributed by atoms with Crippen LogP contribution in [0.5, 0.6) is 0 Å². The van der Waals surface area contributed by atoms with Gasteiger partial charge in [-0.05, 0) is 0 Å². The lowest BCUT2D eigenvalue weighted by Gasteiger charge is -2.17. The number of hydrogen-bond acceptors (Lipinski definition) is 3. The summed E-state index contributed by atoms with van der Waals surface area (Å²) in [6, 6.07) is -0.864. The van der Waals surface area contributed by atoms with E-state index in [4.69, 9.17) is 0 Å². The number of ketones is 1. The number of halogens is 3. The molecule has 0 bridgehead atoms. The van der Waals surface area contributed by atoms with Crippen molar-refractivity contribution in [1.29, 1.82) is 0 Å². The first-order valence-electron chi connectivity index (χ1n) is 4.68. The van der Waals surface area contributed by atoms with Gasteiger partial charge >= 0.3 is 6.18 Å². The molecule has 1 rings (SSSR count). The van der Waals surface area contributed by atoms with E-state index in [2.05, 4.69) is 0 Å². The van der Waals surface area contributed by atoms with Crippen molar-refractivity contribution in [2.75, 3.05) is 6.54 Å². The highest BCUT2D eigenvalue weighted by atomic mass is 19.4. The van der Waals surface area contributed by atoms with E-state index in [0.717, 1.165) is 6.20 Å². The maximum absolute atomic E-state index is 11.8. The van der Waals surface area contributed by atoms with E-state index < -0.39 is 24.0 Å². The van der Waals surface area contributed by atoms with Gasteiger partial charge in [0.05, 0.1) is 18.7 Å². The molecule has 90 valence electrons. The topological polar surface area (TPSA) is 61.6 Å². The molecule has 0 aromatic heterocycles. The minimum absolute atomic E-state index is 0.317. The molecule has 1 unspecified atom stereocenters. The van der Waals surface area contributed by atoms with Crippen LogP contribution in [0.3, 0.4) is 0 Å². The number of hydrogen-bond donors (Lipinski definition) is 1. The number of carbonyl (C=O) groups is 2. The first-order chi connectivity index (χ1) is 7.32. The predicted octanol–water partition coefficient (Wildman–Crippen LogP) is -1.57. The van der Waals surface area contributed by atoms with Gasteiger partial charge in [0.25, 0.3) is 5.78 Å². The van der Waals surface area contributed by atoms with E-state index in [-0.39, 0.29) is 0 Å². The van der Waals surface area contributed by atoms with E-state index in [0.29, 0.717) is 30.4 Å². The minimum atomic E-state index is -4.91. The Morgan fingerprint density at radius 2 is 2.00 bits per heavy atom. The van der Waals surface area contributed by atoms with Gasteiger partial charge in [0.1, 0.15) is 6.04 Å². The zero-order valence-electron chi connectivity index (χ0n) is 8.21. The Hall–Kier alpha value is -1.37. The van der Waals surface area contributed by atoms with Gasteiger partial charge in [0.2, 0.25) is 0 Å². The van der Waals surface area contributed by atoms with Gasteiger partial charge in [-0.25, -0.2) is 0 Å². The number of allylic oxidation sites excluding steroid dienone is 1. The molecule has 1 saturated heterocycles. The van der Waals surface area contributed by atoms with E-state index in [1.807, 2.05) is 0 Å². The van der Waals surface area contributed by atoms with Crippen molar-refractivity contribution < 1.29 is 32.8 Å². The summed E-state index contributed by atoms with van der Waals surface area (Å²) in [6.07, 6.45) is -2.66. The second kappa shape index (κ2) is 4.65. The van der Waals surface area contributed by atoms with Gasteiger partial charge in [-0.15, -0.1) is 0 Å². The summed E-state index contributed by atoms with van der Waals surface area (Å²) in [6.45, 7) is 0.389. The molecule has 1 heterocycles. The van der Waals surface area contributed by atoms with Crippen LogP contribution in [-0.2, 0) is 9.59 Å². The molecule has 1 N–H and O–H groups in total. The summed E-state index contributed by atoms with van der Waals surface area (Å²) in [5.41, 5.74) is 0. The summed E-state index contributed by atoms with van der Waals surface area (Å²) in [4.78, 5) is 21.4. The molecule has 0 aromatic rings. The van der Waals surface area contributed by atoms with Crippen molar-refractivity contribution in [2.45, 2.75) is 25.1 Å². The van der Waals surface area contributed by atoms with Crippen molar-refractivity contribution in [3.63, 3.8) is 0 Å². The van der Waals surface area contributed by atoms with Gasteiger partial charge in [0, 0.05) is 18.9 Å². The van der Waals surface area contributed by atoms with Crippen LogP contribution in [-0.4, -0.2) is 30.5 Å². The van der Waals surface area contributed by atoms with Crippen molar-refractivity contribution in [2.24, 2.45) is 0 Å². The van der Waals surface area contributed by atoms with Crippen LogP contribution in [0.15, 0.2) is 12.3 Å². The van der Waals surface area contributed by atoms with Gasteiger partial charge in [-0.2, -0.15) is 13.2 Å². The Labute approximate surface area is 89.3 Å². The molecule has 7 heteroatoms. The Kier molecular flexibility index (Phi) is 3.69. The van der Waals surface area contributed by atoms with Gasteiger partial charge in [0.15, 0.2) is 0 Å². The highest BCUT2D eigenvalue weighted by Gasteiger charge is 2.37. The fraction of sp³-hybridized carbons (Fsp3) is 0.556. The second-order valence-corrected chi connectivity index (χ2v) is 3.53. The molecular formula is C9H10F3NO3. The summed E-state index contributed by atoms with van der Waals surface area (Å²) < 4.78 is 35.5. The van der Waals surface area contributed by atoms with E-state index in [9.17, 15) is 27.9 Å². The highest BCUT2D eigenvalue weighted by molar-refractivity contribution is 5.94. The van der Waals surface area contributed by atoms with Gasteiger partial charge < -0.3 is 14.8 Å². The summed E-state index contributed by atoms with van der Waals surface area (Å²) >= 11 is 0. The molecule has 1 aliphatic heterocycles. The molecule has 4 nitrogen and oxygen atoms in total. The average molecular weight is 237 g/mol. The van der Waals surface area contributed by atoms with Crippen LogP contribution in [0.25, 0.3) is 0 Å². The van der Waals surface area contributed by atoms with Crippen molar-refractivity contribution in [3.8, 4) is 0 Å². The summed E-state index contributed by atoms with van der Waals surface area (Å²) in [5.74, 6) is -3.29. The van der Waals surface area contributed by atoms with Crippen LogP contribution in [0.2, 0.25) is 0 Å². The lowest BCUT2D eigenvalue weighted by molar-refractivity contribution is -0.853. The molecule has 0 amide bonds. The first kappa shape index (κ1) is 12.7. The van der Waals surface area contributed by atoms with Crippen molar-refractivity contribution in [1.82, 2.24) is 0 Å². The van der Waals surface area contributed by atoms with E-state index >= 15 is 0 Å². The fourth-order valence-electron chi connectivity index (χ4n) is 1.62. The maximum atomic E-state index is 11.8. The molecule has 0 radical (unpaired) electrons. The Morgan fingerprint density at radius 1 is 1.38 bits per heavy atom. The molecule has 16 heavy (non-hydrogen) atoms. The Morgan fingerprint density at radius 3 is 2.50 bits per heavy atom. The summed E-state index contributed by atoms with van der Waals surface area (Å²) in [5, 5.41) is 10.6. The number of carboxylic acid groups (broad SMARTS) is 1. The number of alkyl halides is 3. The largest absolute Gasteiger partial charge is 0.544 e. The maximum Gasteiger partial charge on any atom is 0.454 e. The van der Waals surface area contributed by atoms with Gasteiger partial charge in [-0.3, -0.25) is 4.79 Å². The molecule has 2 atom stereocenters. The molecule has 1 fully saturated rings. The molecule has 1 aliphatic rings. The normalized spacial score (nSPS) is 26.2. The molecule has 0 saturated carbocycles. The molecule has 0 aliphatic carbocycles. The third-order valence-corrected chi connectivity index (χ3v) is 2.42. The van der Waals surface area contributed by atoms with E-state index in [1.165, 1.54) is 0 Å². The second-order valence-electron chi connectivity index (χ2n) is 3.53. The van der Waals surface area contributed by atoms with Gasteiger partial charge in [-0.1, -0.05) is 0 Å². The number of nitrogens with one attached hydrogen (secondary N) is 1. The van der Waals surface area contributed by atoms with Crippen LogP contribution in [0.1, 0.15) is 12.8 Å². The third kappa shape index (κ3) is 3.06. The van der Waals surface area contributed by atoms with E-state index in [1.54, 1.807) is 0 Å². The third-order valence-electron chi connectivity index (χ3n) is 2.42. The number of carboxylic acids is 1. The lowest BCUT2D eigenvalue weighted by atomic mass is 10.2. The number of aliphatic carboxylic acids is 1. The Balaban J connectivity index is 2.63. The van der Waals surface area contributed by atoms with Crippen LogP contribution in [0, 0.1) is 0 Å². The van der Waals surface area contributed by atoms with Crippen LogP contribution < -0.4 is 10.0 Å². The number of rotatable bonds is 3. The Bertz CT molecular complexity index is 324. The lowest BCUT2D eigenvalue weighted by Crippen LogP contribution is -3.11. The zero-order chi connectivity index (χ0) is 12.3. The predicted molar refractivity (Wildman–Crippen MR) is 44.1 cm³/mol. The van der Waals surface area contributed by atoms with Crippen molar-refractivity contribution >= 4 is 11.8 Å². The number of quaternary nitrogens is 1. The number of likely N-dealkylation sites (tertiary alicyclic amines) is 1. The monoisotopic (exact) mass is 237 g/mol. The average Bonchev–Trinajstić information content (AvgIpc) is 2.60. The first-order valence-corrected chi connectivity index (χ1v) is 4.68. The number of carbonyl (C=O) groups excluding carboxylic acids is 2. The minimum Gasteiger partial charge on any atom is -0.544 e. The zero-order valence-corrected chi connectivity index (χ0v) is 8.21. The molecule has 0 aromatic carbocycles. The quantitative estimate of drug-likeness (QED) is 0.603. The van der Waals surface area contributed by atoms with Crippen LogP contribution >= 0.6 is 0 Å². The molecular weight excluding hydrogens is 227 g/mol. The summed E-state index contributed by atoms with van der Waals surface area (Å²) in [7, 11) is 0.